The first-order valence-corrected chi connectivity index (χ1v) is 7.41. The van der Waals surface area contributed by atoms with Crippen LogP contribution in [-0.4, -0.2) is 0 Å². The molecule has 2 aromatic rings. The molecule has 1 nitrogen and oxygen atoms in total. The van der Waals surface area contributed by atoms with Gasteiger partial charge in [-0.2, -0.15) is 0 Å². The number of hydrogen-bond donors (Lipinski definition) is 0. The summed E-state index contributed by atoms with van der Waals surface area (Å²) in [6.07, 6.45) is 5.06. The Balaban J connectivity index is 1.77. The Bertz CT molecular complexity index is 654. The Morgan fingerprint density at radius 2 is 1.85 bits per heavy atom. The molecule has 20 heavy (non-hydrogen) atoms. The van der Waals surface area contributed by atoms with E-state index in [9.17, 15) is 0 Å². The zero-order valence-electron chi connectivity index (χ0n) is 11.3. The summed E-state index contributed by atoms with van der Waals surface area (Å²) >= 11 is 3.45. The number of allylic oxidation sites excluding steroid dienone is 4. The van der Waals surface area contributed by atoms with Crippen molar-refractivity contribution in [1.29, 1.82) is 0 Å². The summed E-state index contributed by atoms with van der Waals surface area (Å²) in [7, 11) is 0. The van der Waals surface area contributed by atoms with E-state index in [0.29, 0.717) is 0 Å². The second-order valence-electron chi connectivity index (χ2n) is 4.88. The van der Waals surface area contributed by atoms with Gasteiger partial charge in [0.25, 0.3) is 0 Å². The molecular weight excluding hydrogens is 312 g/mol. The van der Waals surface area contributed by atoms with E-state index in [4.69, 9.17) is 4.74 Å². The summed E-state index contributed by atoms with van der Waals surface area (Å²) in [4.78, 5) is 0. The molecule has 0 aliphatic carbocycles. The Morgan fingerprint density at radius 1 is 1.10 bits per heavy atom. The molecule has 2 aromatic carbocycles. The molecule has 0 spiro atoms. The predicted octanol–water partition coefficient (Wildman–Crippen LogP) is 5.37. The van der Waals surface area contributed by atoms with Crippen LogP contribution in [0.2, 0.25) is 0 Å². The number of ether oxygens (including phenoxy) is 1. The monoisotopic (exact) mass is 326 g/mol. The topological polar surface area (TPSA) is 9.23 Å². The van der Waals surface area contributed by atoms with E-state index < -0.39 is 0 Å². The Kier molecular flexibility index (Phi) is 3.75. The van der Waals surface area contributed by atoms with Gasteiger partial charge in [-0.05, 0) is 42.3 Å². The Hall–Kier alpha value is -1.80. The molecule has 0 atom stereocenters. The van der Waals surface area contributed by atoms with E-state index in [0.717, 1.165) is 22.4 Å². The highest BCUT2D eigenvalue weighted by atomic mass is 79.9. The van der Waals surface area contributed by atoms with Gasteiger partial charge in [-0.25, -0.2) is 0 Å². The van der Waals surface area contributed by atoms with Crippen molar-refractivity contribution in [2.75, 3.05) is 0 Å². The van der Waals surface area contributed by atoms with E-state index in [1.165, 1.54) is 16.7 Å². The van der Waals surface area contributed by atoms with Crippen LogP contribution in [-0.2, 0) is 6.42 Å². The third-order valence-corrected chi connectivity index (χ3v) is 3.93. The molecule has 0 saturated carbocycles. The van der Waals surface area contributed by atoms with Crippen molar-refractivity contribution in [2.45, 2.75) is 13.3 Å². The van der Waals surface area contributed by atoms with E-state index in [-0.39, 0.29) is 0 Å². The van der Waals surface area contributed by atoms with Gasteiger partial charge in [-0.3, -0.25) is 0 Å². The van der Waals surface area contributed by atoms with Crippen LogP contribution in [0.3, 0.4) is 0 Å². The number of benzene rings is 2. The largest absolute Gasteiger partial charge is 0.461 e. The minimum atomic E-state index is 0.875. The normalized spacial score (nSPS) is 16.1. The van der Waals surface area contributed by atoms with Crippen molar-refractivity contribution in [3.8, 4) is 5.75 Å². The summed E-state index contributed by atoms with van der Waals surface area (Å²) in [6.45, 7) is 2.11. The lowest BCUT2D eigenvalue weighted by molar-refractivity contribution is 0.446. The van der Waals surface area contributed by atoms with Gasteiger partial charge in [0.1, 0.15) is 11.5 Å². The zero-order valence-corrected chi connectivity index (χ0v) is 12.9. The van der Waals surface area contributed by atoms with Crippen LogP contribution < -0.4 is 4.74 Å². The van der Waals surface area contributed by atoms with Crippen LogP contribution in [0.15, 0.2) is 70.9 Å². The molecule has 0 fully saturated rings. The molecule has 0 amide bonds. The van der Waals surface area contributed by atoms with Crippen LogP contribution in [0.5, 0.6) is 5.75 Å². The molecular formula is C18H15BrO. The number of halogens is 1. The highest BCUT2D eigenvalue weighted by Crippen LogP contribution is 2.30. The molecule has 0 bridgehead atoms. The van der Waals surface area contributed by atoms with E-state index in [1.54, 1.807) is 0 Å². The van der Waals surface area contributed by atoms with E-state index >= 15 is 0 Å². The zero-order chi connectivity index (χ0) is 13.9. The maximum Gasteiger partial charge on any atom is 0.130 e. The molecule has 100 valence electrons. The van der Waals surface area contributed by atoms with Crippen molar-refractivity contribution in [3.63, 3.8) is 0 Å². The maximum absolute atomic E-state index is 5.82. The van der Waals surface area contributed by atoms with Gasteiger partial charge >= 0.3 is 0 Å². The van der Waals surface area contributed by atoms with E-state index in [2.05, 4.69) is 65.3 Å². The van der Waals surface area contributed by atoms with Crippen LogP contribution in [0, 0.1) is 0 Å². The number of rotatable bonds is 2. The van der Waals surface area contributed by atoms with Gasteiger partial charge in [-0.15, -0.1) is 0 Å². The molecule has 0 unspecified atom stereocenters. The average Bonchev–Trinajstić information content (AvgIpc) is 2.88. The maximum atomic E-state index is 5.82. The number of para-hydroxylation sites is 1. The minimum Gasteiger partial charge on any atom is -0.461 e. The van der Waals surface area contributed by atoms with Crippen molar-refractivity contribution < 1.29 is 4.74 Å². The predicted molar refractivity (Wildman–Crippen MR) is 86.7 cm³/mol. The fraction of sp³-hybridized carbons (Fsp3) is 0.111. The lowest BCUT2D eigenvalue weighted by Gasteiger charge is -2.01. The summed E-state index contributed by atoms with van der Waals surface area (Å²) in [5.74, 6) is 1.98. The van der Waals surface area contributed by atoms with Crippen molar-refractivity contribution in [3.05, 3.63) is 82.0 Å². The standard InChI is InChI=1S/C18H15BrO/c1-13(14-7-9-16(19)10-8-14)6-11-17-12-15-4-2-3-5-18(15)20-17/h2-11H,12H2,1H3/b13-6+,17-11+. The smallest absolute Gasteiger partial charge is 0.130 e. The molecule has 3 rings (SSSR count). The molecule has 0 aromatic heterocycles. The van der Waals surface area contributed by atoms with Gasteiger partial charge in [0.05, 0.1) is 0 Å². The summed E-state index contributed by atoms with van der Waals surface area (Å²) in [6, 6.07) is 16.5. The van der Waals surface area contributed by atoms with Gasteiger partial charge in [0.2, 0.25) is 0 Å². The summed E-state index contributed by atoms with van der Waals surface area (Å²) in [5, 5.41) is 0. The van der Waals surface area contributed by atoms with Gasteiger partial charge < -0.3 is 4.74 Å². The fourth-order valence-electron chi connectivity index (χ4n) is 2.23. The van der Waals surface area contributed by atoms with Crippen molar-refractivity contribution in [1.82, 2.24) is 0 Å². The second kappa shape index (κ2) is 5.68. The van der Waals surface area contributed by atoms with Crippen LogP contribution in [0.4, 0.5) is 0 Å². The van der Waals surface area contributed by atoms with Crippen molar-refractivity contribution >= 4 is 21.5 Å². The summed E-state index contributed by atoms with van der Waals surface area (Å²) in [5.41, 5.74) is 3.71. The van der Waals surface area contributed by atoms with Crippen molar-refractivity contribution in [2.24, 2.45) is 0 Å². The highest BCUT2D eigenvalue weighted by Gasteiger charge is 2.15. The first-order chi connectivity index (χ1) is 9.72. The minimum absolute atomic E-state index is 0.875. The average molecular weight is 327 g/mol. The Labute approximate surface area is 127 Å². The fourth-order valence-corrected chi connectivity index (χ4v) is 2.50. The summed E-state index contributed by atoms with van der Waals surface area (Å²) < 4.78 is 6.92. The quantitative estimate of drug-likeness (QED) is 0.720. The van der Waals surface area contributed by atoms with Crippen LogP contribution in [0.1, 0.15) is 18.1 Å². The third kappa shape index (κ3) is 2.86. The first kappa shape index (κ1) is 13.2. The third-order valence-electron chi connectivity index (χ3n) is 3.40. The van der Waals surface area contributed by atoms with Crippen LogP contribution in [0.25, 0.3) is 5.57 Å². The SMILES string of the molecule is C/C(=C\C=C1/Cc2ccccc2O1)c1ccc(Br)cc1. The lowest BCUT2D eigenvalue weighted by Crippen LogP contribution is -1.87. The van der Waals surface area contributed by atoms with Gasteiger partial charge in [0.15, 0.2) is 0 Å². The molecule has 2 heteroatoms. The lowest BCUT2D eigenvalue weighted by atomic mass is 10.1. The molecule has 0 saturated heterocycles. The van der Waals surface area contributed by atoms with Gasteiger partial charge in [0, 0.05) is 16.5 Å². The van der Waals surface area contributed by atoms with Gasteiger partial charge in [-0.1, -0.05) is 52.3 Å². The molecule has 0 radical (unpaired) electrons. The second-order valence-corrected chi connectivity index (χ2v) is 5.79. The molecule has 0 N–H and O–H groups in total. The molecule has 1 heterocycles. The Morgan fingerprint density at radius 3 is 2.60 bits per heavy atom. The van der Waals surface area contributed by atoms with Crippen LogP contribution >= 0.6 is 15.9 Å². The number of fused-ring (bicyclic) bond motifs is 1. The molecule has 1 aliphatic heterocycles. The van der Waals surface area contributed by atoms with E-state index in [1.807, 2.05) is 18.2 Å². The highest BCUT2D eigenvalue weighted by molar-refractivity contribution is 9.10. The number of hydrogen-bond acceptors (Lipinski definition) is 1. The first-order valence-electron chi connectivity index (χ1n) is 6.61. The molecule has 1 aliphatic rings.